The van der Waals surface area contributed by atoms with Gasteiger partial charge in [0.2, 0.25) is 21.7 Å². The first-order valence-corrected chi connectivity index (χ1v) is 11.9. The molecule has 1 aliphatic rings. The van der Waals surface area contributed by atoms with Crippen molar-refractivity contribution >= 4 is 27.6 Å². The van der Waals surface area contributed by atoms with Crippen LogP contribution >= 0.6 is 0 Å². The number of rotatable bonds is 6. The minimum atomic E-state index is -4.15. The molecule has 2 bridgehead atoms. The van der Waals surface area contributed by atoms with Gasteiger partial charge in [-0.05, 0) is 47.7 Å². The summed E-state index contributed by atoms with van der Waals surface area (Å²) in [7, 11) is -4.15. The van der Waals surface area contributed by atoms with Crippen molar-refractivity contribution in [2.24, 2.45) is 5.92 Å². The van der Waals surface area contributed by atoms with Gasteiger partial charge in [0.25, 0.3) is 5.91 Å². The van der Waals surface area contributed by atoms with Crippen LogP contribution < -0.4 is 15.4 Å². The van der Waals surface area contributed by atoms with E-state index in [4.69, 9.17) is 0 Å². The summed E-state index contributed by atoms with van der Waals surface area (Å²) in [5.74, 6) is -3.51. The predicted octanol–water partition coefficient (Wildman–Crippen LogP) is 0.492. The molecular weight excluding hydrogens is 451 g/mol. The van der Waals surface area contributed by atoms with E-state index in [0.717, 1.165) is 29.8 Å². The first kappa shape index (κ1) is 24.5. The normalized spacial score (nSPS) is 17.9. The summed E-state index contributed by atoms with van der Waals surface area (Å²) >= 11 is 0. The second-order valence-electron chi connectivity index (χ2n) is 8.13. The van der Waals surface area contributed by atoms with Gasteiger partial charge in [-0.3, -0.25) is 19.4 Å². The summed E-state index contributed by atoms with van der Waals surface area (Å²) in [6.07, 6.45) is 3.74. The maximum absolute atomic E-state index is 13.2. The van der Waals surface area contributed by atoms with Crippen LogP contribution in [0.2, 0.25) is 0 Å². The van der Waals surface area contributed by atoms with Gasteiger partial charge in [0.05, 0.1) is 4.90 Å². The van der Waals surface area contributed by atoms with Gasteiger partial charge in [0.1, 0.15) is 17.9 Å². The van der Waals surface area contributed by atoms with Crippen LogP contribution in [0.1, 0.15) is 25.0 Å². The van der Waals surface area contributed by atoms with Crippen LogP contribution in [0, 0.1) is 11.7 Å². The molecule has 2 amide bonds. The Morgan fingerprint density at radius 3 is 2.48 bits per heavy atom. The van der Waals surface area contributed by atoms with E-state index in [0.29, 0.717) is 12.0 Å². The monoisotopic (exact) mass is 476 g/mol. The third-order valence-corrected chi connectivity index (χ3v) is 6.66. The zero-order valence-electron chi connectivity index (χ0n) is 18.2. The summed E-state index contributed by atoms with van der Waals surface area (Å²) in [6, 6.07) is 3.56. The highest BCUT2D eigenvalue weighted by atomic mass is 32.2. The van der Waals surface area contributed by atoms with Crippen molar-refractivity contribution in [3.05, 3.63) is 59.7 Å². The number of hydrogen-bond donors (Lipinski definition) is 3. The Morgan fingerprint density at radius 2 is 1.82 bits per heavy atom. The van der Waals surface area contributed by atoms with Crippen molar-refractivity contribution in [1.82, 2.24) is 20.3 Å². The molecule has 1 aromatic carbocycles. The molecule has 2 heterocycles. The Labute approximate surface area is 191 Å². The quantitative estimate of drug-likeness (QED) is 0.520. The molecule has 3 rings (SSSR count). The Morgan fingerprint density at radius 1 is 1.15 bits per heavy atom. The molecule has 0 saturated carbocycles. The third kappa shape index (κ3) is 6.20. The molecule has 0 aliphatic carbocycles. The smallest absolute Gasteiger partial charge is 0.289 e. The van der Waals surface area contributed by atoms with Crippen molar-refractivity contribution in [1.29, 1.82) is 0 Å². The number of sulfonamides is 1. The fraction of sp³-hybridized carbons (Fsp3) is 0.364. The molecule has 0 fully saturated rings. The van der Waals surface area contributed by atoms with E-state index < -0.39 is 51.4 Å². The number of pyridine rings is 1. The maximum Gasteiger partial charge on any atom is 0.289 e. The molecule has 9 nitrogen and oxygen atoms in total. The van der Waals surface area contributed by atoms with Crippen LogP contribution in [-0.4, -0.2) is 49.6 Å². The Balaban J connectivity index is 1.83. The van der Waals surface area contributed by atoms with Crippen molar-refractivity contribution in [3.63, 3.8) is 0 Å². The minimum Gasteiger partial charge on any atom is -0.349 e. The van der Waals surface area contributed by atoms with Crippen molar-refractivity contribution < 1.29 is 27.2 Å². The number of benzene rings is 1. The number of fused-ring (bicyclic) bond motifs is 2. The lowest BCUT2D eigenvalue weighted by atomic mass is 9.98. The fourth-order valence-corrected chi connectivity index (χ4v) is 4.75. The molecule has 2 aromatic rings. The molecule has 176 valence electrons. The summed E-state index contributed by atoms with van der Waals surface area (Å²) in [4.78, 5) is 41.9. The van der Waals surface area contributed by atoms with Gasteiger partial charge < -0.3 is 10.6 Å². The largest absolute Gasteiger partial charge is 0.349 e. The van der Waals surface area contributed by atoms with E-state index in [1.54, 1.807) is 26.2 Å². The highest BCUT2D eigenvalue weighted by Crippen LogP contribution is 2.14. The topological polar surface area (TPSA) is 134 Å². The van der Waals surface area contributed by atoms with Gasteiger partial charge in [-0.15, -0.1) is 0 Å². The summed E-state index contributed by atoms with van der Waals surface area (Å²) in [6.45, 7) is 3.50. The van der Waals surface area contributed by atoms with E-state index in [2.05, 4.69) is 20.3 Å². The van der Waals surface area contributed by atoms with Crippen LogP contribution in [0.25, 0.3) is 0 Å². The van der Waals surface area contributed by atoms with E-state index in [9.17, 15) is 27.2 Å². The summed E-state index contributed by atoms with van der Waals surface area (Å²) in [5, 5.41) is 5.05. The van der Waals surface area contributed by atoms with Gasteiger partial charge in [0, 0.05) is 25.4 Å². The molecule has 0 radical (unpaired) electrons. The molecule has 2 unspecified atom stereocenters. The van der Waals surface area contributed by atoms with Crippen molar-refractivity contribution in [2.45, 2.75) is 43.7 Å². The number of aromatic nitrogens is 1. The molecule has 33 heavy (non-hydrogen) atoms. The van der Waals surface area contributed by atoms with E-state index in [1.165, 1.54) is 0 Å². The molecule has 2 atom stereocenters. The Kier molecular flexibility index (Phi) is 7.54. The van der Waals surface area contributed by atoms with Gasteiger partial charge in [-0.1, -0.05) is 19.9 Å². The van der Waals surface area contributed by atoms with Crippen LogP contribution in [-0.2, 0) is 37.2 Å². The van der Waals surface area contributed by atoms with Gasteiger partial charge >= 0.3 is 0 Å². The lowest BCUT2D eigenvalue weighted by Crippen LogP contribution is -2.56. The highest BCUT2D eigenvalue weighted by molar-refractivity contribution is 7.89. The average molecular weight is 477 g/mol. The molecule has 1 aromatic heterocycles. The second-order valence-corrected chi connectivity index (χ2v) is 9.85. The molecule has 3 N–H and O–H groups in total. The molecule has 0 spiro atoms. The van der Waals surface area contributed by atoms with Crippen LogP contribution in [0.4, 0.5) is 4.39 Å². The maximum atomic E-state index is 13.2. The van der Waals surface area contributed by atoms with E-state index in [-0.39, 0.29) is 17.9 Å². The number of nitrogens with one attached hydrogen (secondary N) is 3. The average Bonchev–Trinajstić information content (AvgIpc) is 2.76. The summed E-state index contributed by atoms with van der Waals surface area (Å²) in [5.41, 5.74) is 1.54. The van der Waals surface area contributed by atoms with Gasteiger partial charge in [0.15, 0.2) is 0 Å². The first-order valence-electron chi connectivity index (χ1n) is 10.4. The minimum absolute atomic E-state index is 0.0222. The number of halogens is 1. The van der Waals surface area contributed by atoms with E-state index in [1.807, 2.05) is 6.07 Å². The van der Waals surface area contributed by atoms with E-state index >= 15 is 0 Å². The predicted molar refractivity (Wildman–Crippen MR) is 117 cm³/mol. The molecule has 0 saturated heterocycles. The van der Waals surface area contributed by atoms with Crippen LogP contribution in [0.15, 0.2) is 47.6 Å². The van der Waals surface area contributed by atoms with Gasteiger partial charge in [-0.25, -0.2) is 12.8 Å². The van der Waals surface area contributed by atoms with Gasteiger partial charge in [-0.2, -0.15) is 4.72 Å². The number of nitrogens with zero attached hydrogens (tertiary/aromatic N) is 1. The van der Waals surface area contributed by atoms with Crippen LogP contribution in [0.3, 0.4) is 0 Å². The van der Waals surface area contributed by atoms with Crippen molar-refractivity contribution in [3.8, 4) is 0 Å². The number of ketones is 1. The number of Topliss-reactive ketones (excluding diaryl/α,β-unsaturated/α-hetero) is 1. The zero-order valence-corrected chi connectivity index (χ0v) is 19.0. The number of carbonyl (C=O) groups is 3. The lowest BCUT2D eigenvalue weighted by Gasteiger charge is -2.25. The molecular formula is C22H25FN4O5S. The first-order chi connectivity index (χ1) is 15.6. The lowest BCUT2D eigenvalue weighted by molar-refractivity contribution is -0.140. The number of amides is 2. The summed E-state index contributed by atoms with van der Waals surface area (Å²) < 4.78 is 40.9. The molecule has 1 aliphatic heterocycles. The fourth-order valence-electron chi connectivity index (χ4n) is 3.40. The number of carbonyl (C=O) groups excluding carboxylic acids is 3. The number of hydrogen-bond acceptors (Lipinski definition) is 6. The Bertz CT molecular complexity index is 1150. The second kappa shape index (κ2) is 10.2. The third-order valence-electron chi connectivity index (χ3n) is 5.20. The van der Waals surface area contributed by atoms with Crippen LogP contribution in [0.5, 0.6) is 0 Å². The zero-order chi connectivity index (χ0) is 24.2. The Hall–Kier alpha value is -3.18. The SMILES string of the molecule is CC(C)C(NS(=O)(=O)c1ccc(F)cc1)C(=O)NC1Cc2cncc(c2)CCNC(=O)C1=O. The highest BCUT2D eigenvalue weighted by Gasteiger charge is 2.33. The van der Waals surface area contributed by atoms with Crippen molar-refractivity contribution in [2.75, 3.05) is 6.54 Å². The standard InChI is InChI=1S/C22H25FN4O5S/c1-13(2)19(27-33(31,32)17-5-3-16(23)4-6-17)21(29)26-18-10-15-9-14(11-24-12-15)7-8-25-22(30)20(18)28/h3-6,9,11-13,18-19,27H,7-8,10H2,1-2H3,(H,25,30)(H,26,29). The molecule has 11 heteroatoms.